The Kier molecular flexibility index (Phi) is 5.11. The Morgan fingerprint density at radius 2 is 1.67 bits per heavy atom. The van der Waals surface area contributed by atoms with Crippen LogP contribution in [0.2, 0.25) is 0 Å². The first-order chi connectivity index (χ1) is 9.92. The highest BCUT2D eigenvalue weighted by Gasteiger charge is 2.30. The topological polar surface area (TPSA) is 78.4 Å². The van der Waals surface area contributed by atoms with Gasteiger partial charge < -0.3 is 10.4 Å². The quantitative estimate of drug-likeness (QED) is 0.754. The Hall–Kier alpha value is -1.27. The summed E-state index contributed by atoms with van der Waals surface area (Å²) in [6, 6.07) is 7.16. The van der Waals surface area contributed by atoms with Crippen LogP contribution in [0.3, 0.4) is 0 Å². The van der Waals surface area contributed by atoms with Crippen molar-refractivity contribution in [2.75, 3.05) is 29.4 Å². The van der Waals surface area contributed by atoms with Crippen LogP contribution in [0, 0.1) is 5.41 Å². The van der Waals surface area contributed by atoms with Crippen molar-refractivity contribution in [3.05, 3.63) is 24.3 Å². The zero-order valence-electron chi connectivity index (χ0n) is 12.4. The molecule has 0 heterocycles. The summed E-state index contributed by atoms with van der Waals surface area (Å²) >= 11 is 0. The van der Waals surface area contributed by atoms with Gasteiger partial charge in [-0.15, -0.1) is 0 Å². The molecule has 118 valence electrons. The number of hydrogen-bond donors (Lipinski definition) is 3. The Labute approximate surface area is 126 Å². The molecular formula is C15H24N2O3S. The van der Waals surface area contributed by atoms with Crippen LogP contribution in [0.5, 0.6) is 0 Å². The van der Waals surface area contributed by atoms with Crippen LogP contribution >= 0.6 is 0 Å². The average Bonchev–Trinajstić information content (AvgIpc) is 2.46. The normalized spacial score (nSPS) is 18.2. The van der Waals surface area contributed by atoms with Crippen molar-refractivity contribution < 1.29 is 13.5 Å². The fourth-order valence-corrected chi connectivity index (χ4v) is 3.42. The largest absolute Gasteiger partial charge is 0.396 e. The molecule has 0 unspecified atom stereocenters. The highest BCUT2D eigenvalue weighted by molar-refractivity contribution is 7.92. The molecule has 0 bridgehead atoms. The molecule has 0 aliphatic heterocycles. The molecule has 6 heteroatoms. The Balaban J connectivity index is 1.94. The smallest absolute Gasteiger partial charge is 0.229 e. The second-order valence-electron chi connectivity index (χ2n) is 6.02. The molecule has 1 saturated carbocycles. The minimum atomic E-state index is -3.24. The van der Waals surface area contributed by atoms with Crippen LogP contribution in [0.25, 0.3) is 0 Å². The highest BCUT2D eigenvalue weighted by Crippen LogP contribution is 2.36. The van der Waals surface area contributed by atoms with Crippen molar-refractivity contribution in [2.45, 2.75) is 32.1 Å². The van der Waals surface area contributed by atoms with Crippen molar-refractivity contribution in [3.8, 4) is 0 Å². The molecule has 0 amide bonds. The molecule has 0 saturated heterocycles. The summed E-state index contributed by atoms with van der Waals surface area (Å²) in [5.41, 5.74) is 1.48. The molecule has 5 nitrogen and oxygen atoms in total. The van der Waals surface area contributed by atoms with Gasteiger partial charge in [0.15, 0.2) is 0 Å². The standard InChI is InChI=1S/C15H24N2O3S/c1-21(19,20)17-14-7-5-13(6-8-14)16-11-15(12-18)9-3-2-4-10-15/h5-8,16-18H,2-4,9-12H2,1H3. The fraction of sp³-hybridized carbons (Fsp3) is 0.600. The van der Waals surface area contributed by atoms with Crippen molar-refractivity contribution in [1.29, 1.82) is 0 Å². The second-order valence-corrected chi connectivity index (χ2v) is 7.77. The lowest BCUT2D eigenvalue weighted by Crippen LogP contribution is -2.35. The minimum Gasteiger partial charge on any atom is -0.396 e. The van der Waals surface area contributed by atoms with E-state index in [4.69, 9.17) is 0 Å². The van der Waals surface area contributed by atoms with E-state index in [1.165, 1.54) is 19.3 Å². The minimum absolute atomic E-state index is 0.0120. The first-order valence-corrected chi connectivity index (χ1v) is 9.24. The van der Waals surface area contributed by atoms with E-state index in [-0.39, 0.29) is 12.0 Å². The summed E-state index contributed by atoms with van der Waals surface area (Å²) in [5, 5.41) is 13.0. The SMILES string of the molecule is CS(=O)(=O)Nc1ccc(NCC2(CO)CCCCC2)cc1. The lowest BCUT2D eigenvalue weighted by Gasteiger charge is -2.36. The van der Waals surface area contributed by atoms with E-state index in [0.29, 0.717) is 5.69 Å². The molecule has 0 radical (unpaired) electrons. The molecule has 1 fully saturated rings. The van der Waals surface area contributed by atoms with E-state index in [9.17, 15) is 13.5 Å². The van der Waals surface area contributed by atoms with E-state index >= 15 is 0 Å². The van der Waals surface area contributed by atoms with Gasteiger partial charge in [-0.05, 0) is 37.1 Å². The van der Waals surface area contributed by atoms with Crippen LogP contribution < -0.4 is 10.0 Å². The molecule has 21 heavy (non-hydrogen) atoms. The average molecular weight is 312 g/mol. The van der Waals surface area contributed by atoms with Crippen LogP contribution in [-0.4, -0.2) is 32.9 Å². The maximum Gasteiger partial charge on any atom is 0.229 e. The number of rotatable bonds is 6. The summed E-state index contributed by atoms with van der Waals surface area (Å²) in [7, 11) is -3.24. The summed E-state index contributed by atoms with van der Waals surface area (Å²) in [6.45, 7) is 0.968. The van der Waals surface area contributed by atoms with Crippen LogP contribution in [0.4, 0.5) is 11.4 Å². The molecule has 3 N–H and O–H groups in total. The van der Waals surface area contributed by atoms with Gasteiger partial charge in [0.1, 0.15) is 0 Å². The highest BCUT2D eigenvalue weighted by atomic mass is 32.2. The van der Waals surface area contributed by atoms with Gasteiger partial charge in [-0.3, -0.25) is 4.72 Å². The van der Waals surface area contributed by atoms with E-state index in [2.05, 4.69) is 10.0 Å². The molecule has 0 atom stereocenters. The summed E-state index contributed by atoms with van der Waals surface area (Å²) in [4.78, 5) is 0. The predicted octanol–water partition coefficient (Wildman–Crippen LogP) is 2.41. The Morgan fingerprint density at radius 3 is 2.19 bits per heavy atom. The molecule has 0 spiro atoms. The number of sulfonamides is 1. The number of anilines is 2. The van der Waals surface area contributed by atoms with Gasteiger partial charge >= 0.3 is 0 Å². The Morgan fingerprint density at radius 1 is 1.10 bits per heavy atom. The first-order valence-electron chi connectivity index (χ1n) is 7.35. The first kappa shape index (κ1) is 16.1. The van der Waals surface area contributed by atoms with Gasteiger partial charge in [-0.25, -0.2) is 8.42 Å². The molecule has 1 aromatic carbocycles. The zero-order valence-corrected chi connectivity index (χ0v) is 13.2. The third-order valence-electron chi connectivity index (χ3n) is 4.11. The van der Waals surface area contributed by atoms with E-state index in [1.807, 2.05) is 12.1 Å². The molecule has 0 aromatic heterocycles. The maximum absolute atomic E-state index is 11.1. The van der Waals surface area contributed by atoms with E-state index in [1.54, 1.807) is 12.1 Å². The van der Waals surface area contributed by atoms with Gasteiger partial charge in [0, 0.05) is 23.3 Å². The van der Waals surface area contributed by atoms with Crippen molar-refractivity contribution in [1.82, 2.24) is 0 Å². The van der Waals surface area contributed by atoms with Crippen LogP contribution in [-0.2, 0) is 10.0 Å². The number of benzene rings is 1. The lowest BCUT2D eigenvalue weighted by molar-refractivity contribution is 0.0944. The van der Waals surface area contributed by atoms with Crippen LogP contribution in [0.15, 0.2) is 24.3 Å². The van der Waals surface area contributed by atoms with E-state index in [0.717, 1.165) is 31.3 Å². The van der Waals surface area contributed by atoms with Gasteiger partial charge in [-0.1, -0.05) is 19.3 Å². The molecule has 1 aliphatic carbocycles. The van der Waals surface area contributed by atoms with Crippen molar-refractivity contribution in [3.63, 3.8) is 0 Å². The number of aliphatic hydroxyl groups is 1. The fourth-order valence-electron chi connectivity index (χ4n) is 2.85. The van der Waals surface area contributed by atoms with Gasteiger partial charge in [0.2, 0.25) is 10.0 Å². The molecule has 2 rings (SSSR count). The summed E-state index contributed by atoms with van der Waals surface area (Å²) in [5.74, 6) is 0. The number of nitrogens with one attached hydrogen (secondary N) is 2. The number of hydrogen-bond acceptors (Lipinski definition) is 4. The van der Waals surface area contributed by atoms with Gasteiger partial charge in [0.25, 0.3) is 0 Å². The molecule has 1 aromatic rings. The predicted molar refractivity (Wildman–Crippen MR) is 86.0 cm³/mol. The zero-order chi connectivity index (χ0) is 15.3. The lowest BCUT2D eigenvalue weighted by atomic mass is 9.74. The third kappa shape index (κ3) is 4.89. The third-order valence-corrected chi connectivity index (χ3v) is 4.71. The van der Waals surface area contributed by atoms with Crippen molar-refractivity contribution in [2.24, 2.45) is 5.41 Å². The monoisotopic (exact) mass is 312 g/mol. The second kappa shape index (κ2) is 6.66. The van der Waals surface area contributed by atoms with Gasteiger partial charge in [0.05, 0.1) is 12.9 Å². The molecular weight excluding hydrogens is 288 g/mol. The van der Waals surface area contributed by atoms with E-state index < -0.39 is 10.0 Å². The molecule has 1 aliphatic rings. The number of aliphatic hydroxyl groups excluding tert-OH is 1. The van der Waals surface area contributed by atoms with Gasteiger partial charge in [-0.2, -0.15) is 0 Å². The Bertz CT molecular complexity index is 549. The summed E-state index contributed by atoms with van der Waals surface area (Å²) in [6.07, 6.45) is 6.87. The van der Waals surface area contributed by atoms with Crippen molar-refractivity contribution >= 4 is 21.4 Å². The maximum atomic E-state index is 11.1. The summed E-state index contributed by atoms with van der Waals surface area (Å²) < 4.78 is 24.7. The van der Waals surface area contributed by atoms with Crippen LogP contribution in [0.1, 0.15) is 32.1 Å².